The van der Waals surface area contributed by atoms with Crippen LogP contribution in [0.25, 0.3) is 0 Å². The molecule has 3 rings (SSSR count). The summed E-state index contributed by atoms with van der Waals surface area (Å²) >= 11 is 0. The first kappa shape index (κ1) is 91.5. The van der Waals surface area contributed by atoms with E-state index < -0.39 is 156 Å². The average molecular weight is 1460 g/mol. The fourth-order valence-electron chi connectivity index (χ4n) is 12.7. The van der Waals surface area contributed by atoms with Crippen LogP contribution in [0.3, 0.4) is 0 Å². The largest absolute Gasteiger partial charge is 0.493 e. The molecule has 1 heterocycles. The van der Waals surface area contributed by atoms with Crippen LogP contribution in [0.2, 0.25) is 0 Å². The number of carbonyl (C=O) groups is 13. The number of hydrogen-bond acceptors (Lipinski definition) is 15. The summed E-state index contributed by atoms with van der Waals surface area (Å²) in [4.78, 5) is 192. The van der Waals surface area contributed by atoms with Gasteiger partial charge in [0.05, 0.1) is 19.8 Å². The van der Waals surface area contributed by atoms with Crippen molar-refractivity contribution in [2.45, 2.75) is 229 Å². The number of aliphatic hydroxyl groups excluding tert-OH is 1. The van der Waals surface area contributed by atoms with Gasteiger partial charge in [-0.3, -0.25) is 62.3 Å². The zero-order valence-corrected chi connectivity index (χ0v) is 66.7. The Morgan fingerprint density at radius 2 is 0.981 bits per heavy atom. The second kappa shape index (κ2) is 42.4. The number of aliphatic hydroxyl groups is 1. The first-order chi connectivity index (χ1) is 48.4. The van der Waals surface area contributed by atoms with Crippen LogP contribution in [0, 0.1) is 41.4 Å². The highest BCUT2D eigenvalue weighted by Gasteiger charge is 2.46. The molecule has 0 spiro atoms. The van der Waals surface area contributed by atoms with Crippen molar-refractivity contribution in [1.29, 1.82) is 0 Å². The molecule has 0 radical (unpaired) electrons. The SMILES string of the molecule is C=CC(C1=CC(=O)C(OC)=CC1=O)c1ccccc1.CC=CCC(C)C(O)C1C(=O)NC(CC)C(=O)N(C)CC(=O)N(C)C(CC(C)C)C(=O)NC(C(C)C)C(=O)N(C)C(CC(C)C)C(=O)NC(C)C(=O)NC(C)C(=O)N(C)C(CC(C)C)C(=O)N(C)C(CC(C)C)C(=O)N(C)C(C(C)C)C(=O)N1C. The van der Waals surface area contributed by atoms with Gasteiger partial charge in [-0.1, -0.05) is 145 Å². The third kappa shape index (κ3) is 25.4. The Balaban J connectivity index is 0.00000165. The molecule has 1 aliphatic carbocycles. The number of methoxy groups -OCH3 is 1. The van der Waals surface area contributed by atoms with Crippen molar-refractivity contribution in [3.8, 4) is 0 Å². The molecule has 1 saturated heterocycles. The third-order valence-corrected chi connectivity index (χ3v) is 19.1. The second-order valence-electron chi connectivity index (χ2n) is 30.3. The average Bonchev–Trinajstić information content (AvgIpc) is 0.810. The van der Waals surface area contributed by atoms with Gasteiger partial charge in [-0.05, 0) is 112 Å². The van der Waals surface area contributed by atoms with Crippen molar-refractivity contribution < 1.29 is 72.2 Å². The predicted octanol–water partition coefficient (Wildman–Crippen LogP) is 5.83. The van der Waals surface area contributed by atoms with Crippen molar-refractivity contribution in [1.82, 2.24) is 55.6 Å². The number of likely N-dealkylation sites (N-methyl/N-ethyl adjacent to an activating group) is 7. The highest BCUT2D eigenvalue weighted by Crippen LogP contribution is 2.30. The normalized spacial score (nSPS) is 25.0. The number of ether oxygens (including phenoxy) is 1. The number of allylic oxidation sites excluding steroid dienone is 6. The molecule has 26 heteroatoms. The molecule has 5 N–H and O–H groups in total. The molecule has 0 bridgehead atoms. The van der Waals surface area contributed by atoms with Crippen molar-refractivity contribution in [2.75, 3.05) is 63.0 Å². The first-order valence-corrected chi connectivity index (χ1v) is 36.5. The van der Waals surface area contributed by atoms with Gasteiger partial charge in [0, 0.05) is 66.9 Å². The van der Waals surface area contributed by atoms with Crippen LogP contribution >= 0.6 is 0 Å². The van der Waals surface area contributed by atoms with Gasteiger partial charge >= 0.3 is 0 Å². The summed E-state index contributed by atoms with van der Waals surface area (Å²) in [5.41, 5.74) is 1.35. The van der Waals surface area contributed by atoms with Gasteiger partial charge in [-0.25, -0.2) is 0 Å². The van der Waals surface area contributed by atoms with Crippen molar-refractivity contribution >= 4 is 76.5 Å². The van der Waals surface area contributed by atoms with Crippen LogP contribution in [0.15, 0.2) is 78.6 Å². The monoisotopic (exact) mass is 1460 g/mol. The van der Waals surface area contributed by atoms with E-state index in [0.29, 0.717) is 12.0 Å². The highest BCUT2D eigenvalue weighted by molar-refractivity contribution is 6.20. The molecule has 0 saturated carbocycles. The number of ketones is 2. The van der Waals surface area contributed by atoms with E-state index in [2.05, 4.69) is 27.8 Å². The Kier molecular flexibility index (Phi) is 37.3. The molecule has 11 amide bonds. The van der Waals surface area contributed by atoms with E-state index in [1.807, 2.05) is 91.8 Å². The van der Waals surface area contributed by atoms with E-state index in [-0.39, 0.29) is 79.0 Å². The number of benzene rings is 1. The molecule has 1 fully saturated rings. The molecule has 582 valence electrons. The minimum absolute atomic E-state index is 0.0229. The molecule has 13 unspecified atom stereocenters. The second-order valence-corrected chi connectivity index (χ2v) is 30.3. The van der Waals surface area contributed by atoms with E-state index in [9.17, 15) is 57.8 Å². The van der Waals surface area contributed by atoms with E-state index in [1.54, 1.807) is 60.6 Å². The maximum atomic E-state index is 15.1. The molecule has 1 aromatic carbocycles. The third-order valence-electron chi connectivity index (χ3n) is 19.1. The van der Waals surface area contributed by atoms with Gasteiger partial charge in [-0.15, -0.1) is 6.58 Å². The Hall–Kier alpha value is -8.55. The predicted molar refractivity (Wildman–Crippen MR) is 401 cm³/mol. The number of nitrogens with zero attached hydrogens (tertiary/aromatic N) is 7. The molecule has 1 aromatic rings. The Labute approximate surface area is 618 Å². The van der Waals surface area contributed by atoms with Gasteiger partial charge in [-0.2, -0.15) is 0 Å². The maximum Gasteiger partial charge on any atom is 0.246 e. The molecule has 1 aliphatic heterocycles. The van der Waals surface area contributed by atoms with Gasteiger partial charge in [0.2, 0.25) is 70.8 Å². The number of hydrogen-bond donors (Lipinski definition) is 5. The van der Waals surface area contributed by atoms with E-state index >= 15 is 9.59 Å². The zero-order chi connectivity index (χ0) is 79.8. The first-order valence-electron chi connectivity index (χ1n) is 36.5. The molecule has 0 aromatic heterocycles. The van der Waals surface area contributed by atoms with E-state index in [4.69, 9.17) is 4.74 Å². The summed E-state index contributed by atoms with van der Waals surface area (Å²) in [5.74, 6) is -10.4. The lowest BCUT2D eigenvalue weighted by Crippen LogP contribution is -2.63. The quantitative estimate of drug-likeness (QED) is 0.0803. The smallest absolute Gasteiger partial charge is 0.246 e. The molecular formula is C78H125N11O15. The van der Waals surface area contributed by atoms with Crippen LogP contribution < -0.4 is 21.3 Å². The lowest BCUT2D eigenvalue weighted by atomic mass is 9.85. The summed E-state index contributed by atoms with van der Waals surface area (Å²) in [7, 11) is 11.3. The summed E-state index contributed by atoms with van der Waals surface area (Å²) < 4.78 is 4.86. The number of nitrogens with one attached hydrogen (secondary N) is 4. The molecular weight excluding hydrogens is 1330 g/mol. The lowest BCUT2D eigenvalue weighted by molar-refractivity contribution is -0.157. The number of carbonyl (C=O) groups excluding carboxylic acids is 13. The fraction of sp³-hybridized carbons (Fsp3) is 0.654. The standard InChI is InChI=1S/C62H111N11O12.C16H14O3/c1-25-27-28-40(15)52(75)51-56(79)65-43(26-2)58(81)67(18)33-48(74)68(19)44(29-34(3)4)55(78)66-49(38(11)12)61(84)69(20)45(30-35(5)6)54(77)63-41(16)53(76)64-42(17)57(80)70(21)46(31-36(7)8)59(82)71(22)47(32-37(9)10)60(83)72(23)50(39(13)14)62(85)73(51)24;1-3-12(11-7-5-4-6-8-11)13-9-15(18)16(19-2)10-14(13)17/h25,27,34-47,49-52,75H,26,28-33H2,1-24H3,(H,63,77)(H,64,76)(H,65,79)(H,66,78);3-10,12H,1H2,2H3. The fourth-order valence-corrected chi connectivity index (χ4v) is 12.7. The van der Waals surface area contributed by atoms with E-state index in [0.717, 1.165) is 15.4 Å². The van der Waals surface area contributed by atoms with Crippen LogP contribution in [0.1, 0.15) is 168 Å². The minimum Gasteiger partial charge on any atom is -0.493 e. The van der Waals surface area contributed by atoms with Crippen molar-refractivity contribution in [3.63, 3.8) is 0 Å². The summed E-state index contributed by atoms with van der Waals surface area (Å²) in [6.07, 6.45) is 7.27. The van der Waals surface area contributed by atoms with Crippen LogP contribution in [0.5, 0.6) is 0 Å². The Bertz CT molecular complexity index is 3250. The van der Waals surface area contributed by atoms with Gasteiger partial charge in [0.25, 0.3) is 0 Å². The van der Waals surface area contributed by atoms with Crippen LogP contribution in [0.4, 0.5) is 0 Å². The Morgan fingerprint density at radius 3 is 1.45 bits per heavy atom. The van der Waals surface area contributed by atoms with Crippen LogP contribution in [-0.4, -0.2) is 245 Å². The minimum atomic E-state index is -1.61. The van der Waals surface area contributed by atoms with Crippen molar-refractivity contribution in [3.05, 3.63) is 84.2 Å². The van der Waals surface area contributed by atoms with Gasteiger partial charge in [0.1, 0.15) is 60.4 Å². The van der Waals surface area contributed by atoms with Gasteiger partial charge < -0.3 is 65.4 Å². The highest BCUT2D eigenvalue weighted by atomic mass is 16.5. The van der Waals surface area contributed by atoms with E-state index in [1.165, 1.54) is 107 Å². The molecule has 26 nitrogen and oxygen atoms in total. The number of amides is 11. The topological polar surface area (TPSA) is 322 Å². The molecule has 2 aliphatic rings. The Morgan fingerprint density at radius 1 is 0.519 bits per heavy atom. The summed E-state index contributed by atoms with van der Waals surface area (Å²) in [6, 6.07) is -2.85. The summed E-state index contributed by atoms with van der Waals surface area (Å²) in [6.45, 7) is 33.1. The van der Waals surface area contributed by atoms with Crippen molar-refractivity contribution in [2.24, 2.45) is 41.4 Å². The molecule has 13 atom stereocenters. The summed E-state index contributed by atoms with van der Waals surface area (Å²) in [5, 5.41) is 23.1. The lowest BCUT2D eigenvalue weighted by Gasteiger charge is -2.41. The van der Waals surface area contributed by atoms with Gasteiger partial charge in [0.15, 0.2) is 11.5 Å². The van der Waals surface area contributed by atoms with Crippen LogP contribution in [-0.2, 0) is 67.1 Å². The zero-order valence-electron chi connectivity index (χ0n) is 66.7. The number of rotatable bonds is 19. The molecule has 104 heavy (non-hydrogen) atoms. The maximum absolute atomic E-state index is 15.1.